The Morgan fingerprint density at radius 1 is 1.25 bits per heavy atom. The lowest BCUT2D eigenvalue weighted by atomic mass is 10.1. The average Bonchev–Trinajstić information content (AvgIpc) is 3.09. The molecule has 1 aliphatic heterocycles. The number of ether oxygens (including phenoxy) is 1. The van der Waals surface area contributed by atoms with E-state index < -0.39 is 0 Å². The third kappa shape index (κ3) is 3.73. The van der Waals surface area contributed by atoms with Gasteiger partial charge in [-0.2, -0.15) is 4.98 Å². The summed E-state index contributed by atoms with van der Waals surface area (Å²) < 4.78 is 10.6. The molecule has 0 spiro atoms. The molecule has 1 aromatic carbocycles. The molecule has 2 amide bonds. The van der Waals surface area contributed by atoms with Crippen molar-refractivity contribution in [1.29, 1.82) is 0 Å². The maximum absolute atomic E-state index is 12.6. The summed E-state index contributed by atoms with van der Waals surface area (Å²) in [4.78, 5) is 20.5. The van der Waals surface area contributed by atoms with Crippen molar-refractivity contribution >= 4 is 6.03 Å². The maximum Gasteiger partial charge on any atom is 0.320 e. The third-order valence-electron chi connectivity index (χ3n) is 4.04. The van der Waals surface area contributed by atoms with Crippen LogP contribution in [0.15, 0.2) is 28.8 Å². The van der Waals surface area contributed by atoms with Crippen LogP contribution >= 0.6 is 0 Å². The normalized spacial score (nSPS) is 14.7. The van der Waals surface area contributed by atoms with Crippen LogP contribution < -0.4 is 0 Å². The fraction of sp³-hybridized carbons (Fsp3) is 0.471. The fourth-order valence-corrected chi connectivity index (χ4v) is 2.57. The van der Waals surface area contributed by atoms with E-state index >= 15 is 0 Å². The Kier molecular flexibility index (Phi) is 5.10. The van der Waals surface area contributed by atoms with Crippen molar-refractivity contribution < 1.29 is 14.1 Å². The summed E-state index contributed by atoms with van der Waals surface area (Å²) >= 11 is 0. The summed E-state index contributed by atoms with van der Waals surface area (Å²) in [7, 11) is 0. The Morgan fingerprint density at radius 3 is 2.62 bits per heavy atom. The number of urea groups is 1. The van der Waals surface area contributed by atoms with Crippen molar-refractivity contribution in [3.05, 3.63) is 35.7 Å². The lowest BCUT2D eigenvalue weighted by Crippen LogP contribution is -2.47. The SMILES string of the molecule is CCN(Cc1nc(-c2ccc(C)cc2)no1)C(=O)N1CCOCC1. The molecule has 0 saturated carbocycles. The Hall–Kier alpha value is -2.41. The molecule has 7 heteroatoms. The van der Waals surface area contributed by atoms with Crippen molar-refractivity contribution in [1.82, 2.24) is 19.9 Å². The highest BCUT2D eigenvalue weighted by molar-refractivity contribution is 5.74. The number of aromatic nitrogens is 2. The Morgan fingerprint density at radius 2 is 1.96 bits per heavy atom. The first-order valence-electron chi connectivity index (χ1n) is 8.18. The molecule has 0 atom stereocenters. The van der Waals surface area contributed by atoms with Crippen molar-refractivity contribution in [2.45, 2.75) is 20.4 Å². The average molecular weight is 330 g/mol. The third-order valence-corrected chi connectivity index (χ3v) is 4.04. The largest absolute Gasteiger partial charge is 0.378 e. The summed E-state index contributed by atoms with van der Waals surface area (Å²) in [6, 6.07) is 7.91. The van der Waals surface area contributed by atoms with E-state index in [0.717, 1.165) is 5.56 Å². The number of rotatable bonds is 4. The van der Waals surface area contributed by atoms with Gasteiger partial charge in [0.15, 0.2) is 0 Å². The van der Waals surface area contributed by atoms with Crippen LogP contribution in [0.25, 0.3) is 11.4 Å². The predicted molar refractivity (Wildman–Crippen MR) is 88.3 cm³/mol. The Bertz CT molecular complexity index is 677. The number of morpholine rings is 1. The van der Waals surface area contributed by atoms with E-state index in [0.29, 0.717) is 51.1 Å². The second-order valence-corrected chi connectivity index (χ2v) is 5.77. The van der Waals surface area contributed by atoms with Gasteiger partial charge < -0.3 is 19.1 Å². The molecule has 1 saturated heterocycles. The minimum atomic E-state index is -0.0177. The molecule has 1 aromatic heterocycles. The van der Waals surface area contributed by atoms with Crippen molar-refractivity contribution in [2.75, 3.05) is 32.8 Å². The quantitative estimate of drug-likeness (QED) is 0.860. The topological polar surface area (TPSA) is 71.7 Å². The Balaban J connectivity index is 1.67. The molecule has 3 rings (SSSR count). The highest BCUT2D eigenvalue weighted by Gasteiger charge is 2.23. The lowest BCUT2D eigenvalue weighted by molar-refractivity contribution is 0.0422. The monoisotopic (exact) mass is 330 g/mol. The van der Waals surface area contributed by atoms with Gasteiger partial charge in [-0.15, -0.1) is 0 Å². The van der Waals surface area contributed by atoms with Crippen molar-refractivity contribution in [3.63, 3.8) is 0 Å². The molecular weight excluding hydrogens is 308 g/mol. The predicted octanol–water partition coefficient (Wildman–Crippen LogP) is 2.32. The molecule has 24 heavy (non-hydrogen) atoms. The van der Waals surface area contributed by atoms with Crippen LogP contribution in [0.2, 0.25) is 0 Å². The number of benzene rings is 1. The second kappa shape index (κ2) is 7.44. The lowest BCUT2D eigenvalue weighted by Gasteiger charge is -2.31. The number of aryl methyl sites for hydroxylation is 1. The minimum Gasteiger partial charge on any atom is -0.378 e. The van der Waals surface area contributed by atoms with E-state index in [2.05, 4.69) is 10.1 Å². The molecule has 2 heterocycles. The van der Waals surface area contributed by atoms with Crippen LogP contribution in [0.3, 0.4) is 0 Å². The van der Waals surface area contributed by atoms with Gasteiger partial charge in [-0.1, -0.05) is 35.0 Å². The number of carbonyl (C=O) groups is 1. The zero-order valence-electron chi connectivity index (χ0n) is 14.1. The number of carbonyl (C=O) groups excluding carboxylic acids is 1. The van der Waals surface area contributed by atoms with Gasteiger partial charge in [0.25, 0.3) is 0 Å². The maximum atomic E-state index is 12.6. The van der Waals surface area contributed by atoms with Gasteiger partial charge in [-0.05, 0) is 13.8 Å². The fourth-order valence-electron chi connectivity index (χ4n) is 2.57. The molecule has 128 valence electrons. The van der Waals surface area contributed by atoms with Crippen LogP contribution in [0.5, 0.6) is 0 Å². The van der Waals surface area contributed by atoms with Gasteiger partial charge in [0, 0.05) is 25.2 Å². The van der Waals surface area contributed by atoms with Gasteiger partial charge in [0.2, 0.25) is 11.7 Å². The van der Waals surface area contributed by atoms with Crippen LogP contribution in [0.4, 0.5) is 4.79 Å². The van der Waals surface area contributed by atoms with Crippen molar-refractivity contribution in [2.24, 2.45) is 0 Å². The zero-order chi connectivity index (χ0) is 16.9. The molecule has 0 unspecified atom stereocenters. The Labute approximate surface area is 141 Å². The van der Waals surface area contributed by atoms with Crippen LogP contribution in [-0.4, -0.2) is 58.8 Å². The van der Waals surface area contributed by atoms with E-state index in [1.165, 1.54) is 5.56 Å². The molecule has 7 nitrogen and oxygen atoms in total. The first-order valence-corrected chi connectivity index (χ1v) is 8.18. The van der Waals surface area contributed by atoms with Crippen LogP contribution in [-0.2, 0) is 11.3 Å². The number of hydrogen-bond acceptors (Lipinski definition) is 5. The molecule has 2 aromatic rings. The van der Waals surface area contributed by atoms with E-state index in [1.807, 2.05) is 38.1 Å². The molecule has 0 N–H and O–H groups in total. The van der Waals surface area contributed by atoms with Gasteiger partial charge in [-0.3, -0.25) is 0 Å². The van der Waals surface area contributed by atoms with Gasteiger partial charge in [0.1, 0.15) is 6.54 Å². The first-order chi connectivity index (χ1) is 11.7. The van der Waals surface area contributed by atoms with E-state index in [-0.39, 0.29) is 6.03 Å². The number of hydrogen-bond donors (Lipinski definition) is 0. The molecule has 1 fully saturated rings. The summed E-state index contributed by atoms with van der Waals surface area (Å²) in [5.41, 5.74) is 2.08. The van der Waals surface area contributed by atoms with Crippen LogP contribution in [0.1, 0.15) is 18.4 Å². The van der Waals surface area contributed by atoms with E-state index in [1.54, 1.807) is 9.80 Å². The number of nitrogens with zero attached hydrogens (tertiary/aromatic N) is 4. The second-order valence-electron chi connectivity index (χ2n) is 5.77. The van der Waals surface area contributed by atoms with Gasteiger partial charge in [0.05, 0.1) is 13.2 Å². The van der Waals surface area contributed by atoms with Crippen LogP contribution in [0, 0.1) is 6.92 Å². The molecule has 0 radical (unpaired) electrons. The summed E-state index contributed by atoms with van der Waals surface area (Å²) in [6.07, 6.45) is 0. The standard InChI is InChI=1S/C17H22N4O3/c1-3-20(17(22)21-8-10-23-11-9-21)12-15-18-16(19-24-15)14-6-4-13(2)5-7-14/h4-7H,3,8-12H2,1-2H3. The van der Waals surface area contributed by atoms with E-state index in [9.17, 15) is 4.79 Å². The summed E-state index contributed by atoms with van der Waals surface area (Å²) in [5.74, 6) is 0.980. The molecule has 0 bridgehead atoms. The number of amides is 2. The zero-order valence-corrected chi connectivity index (χ0v) is 14.1. The summed E-state index contributed by atoms with van der Waals surface area (Å²) in [5, 5.41) is 4.02. The van der Waals surface area contributed by atoms with Crippen molar-refractivity contribution in [3.8, 4) is 11.4 Å². The molecule has 1 aliphatic rings. The summed E-state index contributed by atoms with van der Waals surface area (Å²) in [6.45, 7) is 7.27. The minimum absolute atomic E-state index is 0.0177. The van der Waals surface area contributed by atoms with E-state index in [4.69, 9.17) is 9.26 Å². The van der Waals surface area contributed by atoms with Gasteiger partial charge in [-0.25, -0.2) is 4.79 Å². The molecular formula is C17H22N4O3. The molecule has 0 aliphatic carbocycles. The van der Waals surface area contributed by atoms with Gasteiger partial charge >= 0.3 is 6.03 Å². The smallest absolute Gasteiger partial charge is 0.320 e. The highest BCUT2D eigenvalue weighted by atomic mass is 16.5. The first kappa shape index (κ1) is 16.4. The highest BCUT2D eigenvalue weighted by Crippen LogP contribution is 2.17.